The number of aliphatic carboxylic acids is 1. The molecule has 1 saturated heterocycles. The normalized spacial score (nSPS) is 21.9. The van der Waals surface area contributed by atoms with E-state index in [2.05, 4.69) is 5.32 Å². The van der Waals surface area contributed by atoms with Gasteiger partial charge in [0, 0.05) is 0 Å². The second-order valence-corrected chi connectivity index (χ2v) is 11.0. The van der Waals surface area contributed by atoms with E-state index in [1.807, 2.05) is 0 Å². The number of carbonyl (C=O) groups is 1. The lowest BCUT2D eigenvalue weighted by molar-refractivity contribution is -0.864. The molecule has 0 aliphatic carbocycles. The summed E-state index contributed by atoms with van der Waals surface area (Å²) in [5.41, 5.74) is 0. The quantitative estimate of drug-likeness (QED) is 0.274. The Morgan fingerprint density at radius 2 is 1.62 bits per heavy atom. The summed E-state index contributed by atoms with van der Waals surface area (Å²) in [5, 5.41) is 12.3. The molecule has 2 atom stereocenters. The Balaban J connectivity index is 0.000000561. The van der Waals surface area contributed by atoms with Crippen molar-refractivity contribution in [3.63, 3.8) is 0 Å². The first-order valence-electron chi connectivity index (χ1n) is 7.08. The van der Waals surface area contributed by atoms with Gasteiger partial charge in [-0.05, 0) is 24.9 Å². The Hall–Kier alpha value is -0.460. The molecule has 0 radical (unpaired) electrons. The van der Waals surface area contributed by atoms with E-state index < -0.39 is 36.9 Å². The highest BCUT2D eigenvalue weighted by molar-refractivity contribution is 7.92. The first-order chi connectivity index (χ1) is 10.7. The van der Waals surface area contributed by atoms with Gasteiger partial charge in [0.25, 0.3) is 10.1 Å². The maximum Gasteiger partial charge on any atom is 0.265 e. The largest absolute Gasteiger partial charge is 0.544 e. The van der Waals surface area contributed by atoms with Crippen LogP contribution in [0.2, 0.25) is 0 Å². The van der Waals surface area contributed by atoms with Gasteiger partial charge in [0.2, 0.25) is 0 Å². The SMILES string of the molecule is C[N+](C)(C)CC(=O)[O-].O=S(=O)(O)CC1CNCC1CS(=O)(=O)CCl. The Morgan fingerprint density at radius 3 is 1.92 bits per heavy atom. The molecular formula is C12H25ClN2O7S2. The van der Waals surface area contributed by atoms with Gasteiger partial charge in [0.1, 0.15) is 11.8 Å². The number of carboxylic acids is 1. The zero-order chi connectivity index (χ0) is 19.2. The minimum Gasteiger partial charge on any atom is -0.544 e. The monoisotopic (exact) mass is 408 g/mol. The van der Waals surface area contributed by atoms with Gasteiger partial charge in [-0.1, -0.05) is 0 Å². The summed E-state index contributed by atoms with van der Waals surface area (Å²) in [6.07, 6.45) is 0. The van der Waals surface area contributed by atoms with Crippen molar-refractivity contribution in [2.75, 3.05) is 57.5 Å². The lowest BCUT2D eigenvalue weighted by Gasteiger charge is -2.23. The fourth-order valence-corrected chi connectivity index (χ4v) is 4.54. The number of carboxylic acid groups (broad SMARTS) is 1. The van der Waals surface area contributed by atoms with Crippen LogP contribution in [0.15, 0.2) is 0 Å². The molecule has 1 aliphatic rings. The first-order valence-corrected chi connectivity index (χ1v) is 11.0. The van der Waals surface area contributed by atoms with Gasteiger partial charge >= 0.3 is 0 Å². The topological polar surface area (TPSA) is 141 Å². The predicted octanol–water partition coefficient (Wildman–Crippen LogP) is -2.24. The van der Waals surface area contributed by atoms with E-state index in [9.17, 15) is 26.7 Å². The maximum atomic E-state index is 11.3. The summed E-state index contributed by atoms with van der Waals surface area (Å²) in [4.78, 5) is 9.89. The van der Waals surface area contributed by atoms with Crippen molar-refractivity contribution < 1.29 is 35.8 Å². The van der Waals surface area contributed by atoms with Gasteiger partial charge in [-0.2, -0.15) is 8.42 Å². The van der Waals surface area contributed by atoms with Gasteiger partial charge in [0.05, 0.1) is 38.6 Å². The van der Waals surface area contributed by atoms with Crippen molar-refractivity contribution in [2.24, 2.45) is 11.8 Å². The zero-order valence-corrected chi connectivity index (χ0v) is 16.3. The van der Waals surface area contributed by atoms with Crippen molar-refractivity contribution in [1.82, 2.24) is 5.32 Å². The van der Waals surface area contributed by atoms with E-state index in [-0.39, 0.29) is 24.1 Å². The summed E-state index contributed by atoms with van der Waals surface area (Å²) in [7, 11) is -2.01. The van der Waals surface area contributed by atoms with E-state index in [4.69, 9.17) is 16.2 Å². The standard InChI is InChI=1S/C7H14ClNO5S2.C5H11NO2/c8-5-15(10,11)3-6-1-9-2-7(6)4-16(12,13)14;1-6(2,3)4-5(7)8/h6-7,9H,1-5H2,(H,12,13,14);4H2,1-3H3. The number of nitrogens with one attached hydrogen (secondary N) is 1. The van der Waals surface area contributed by atoms with Crippen molar-refractivity contribution in [3.8, 4) is 0 Å². The molecule has 1 rings (SSSR count). The molecule has 0 bridgehead atoms. The predicted molar refractivity (Wildman–Crippen MR) is 88.7 cm³/mol. The molecule has 0 amide bonds. The molecule has 1 heterocycles. The number of halogens is 1. The first kappa shape index (κ1) is 23.5. The Labute approximate surface area is 148 Å². The number of rotatable bonds is 7. The van der Waals surface area contributed by atoms with Crippen LogP contribution in [0.4, 0.5) is 0 Å². The third-order valence-corrected chi connectivity index (χ3v) is 6.26. The van der Waals surface area contributed by atoms with Crippen LogP contribution in [0.25, 0.3) is 0 Å². The second-order valence-electron chi connectivity index (χ2n) is 6.77. The van der Waals surface area contributed by atoms with Crippen LogP contribution >= 0.6 is 11.6 Å². The van der Waals surface area contributed by atoms with Crippen LogP contribution in [-0.2, 0) is 24.7 Å². The number of hydrogen-bond donors (Lipinski definition) is 2. The van der Waals surface area contributed by atoms with Crippen LogP contribution in [-0.4, -0.2) is 89.3 Å². The molecule has 0 spiro atoms. The highest BCUT2D eigenvalue weighted by atomic mass is 35.5. The van der Waals surface area contributed by atoms with Gasteiger partial charge in [-0.3, -0.25) is 4.55 Å². The van der Waals surface area contributed by atoms with Gasteiger partial charge < -0.3 is 19.7 Å². The van der Waals surface area contributed by atoms with Gasteiger partial charge in [-0.25, -0.2) is 8.42 Å². The average Bonchev–Trinajstić information content (AvgIpc) is 2.71. The number of quaternary nitrogens is 1. The molecule has 12 heteroatoms. The molecule has 0 saturated carbocycles. The fraction of sp³-hybridized carbons (Fsp3) is 0.917. The third-order valence-electron chi connectivity index (χ3n) is 3.14. The molecule has 24 heavy (non-hydrogen) atoms. The van der Waals surface area contributed by atoms with Crippen molar-refractivity contribution in [1.29, 1.82) is 0 Å². The van der Waals surface area contributed by atoms with Crippen LogP contribution in [0.1, 0.15) is 0 Å². The third kappa shape index (κ3) is 12.0. The Bertz CT molecular complexity index is 614. The molecule has 2 unspecified atom stereocenters. The molecular weight excluding hydrogens is 384 g/mol. The molecule has 1 fully saturated rings. The summed E-state index contributed by atoms with van der Waals surface area (Å²) >= 11 is 5.28. The lowest BCUT2D eigenvalue weighted by atomic mass is 10.0. The molecule has 0 aromatic heterocycles. The minimum absolute atomic E-state index is 0.0694. The van der Waals surface area contributed by atoms with Crippen LogP contribution < -0.4 is 10.4 Å². The molecule has 2 N–H and O–H groups in total. The van der Waals surface area contributed by atoms with Crippen molar-refractivity contribution in [3.05, 3.63) is 0 Å². The average molecular weight is 409 g/mol. The number of sulfone groups is 1. The van der Waals surface area contributed by atoms with E-state index >= 15 is 0 Å². The number of nitrogens with zero attached hydrogens (tertiary/aromatic N) is 1. The number of carbonyl (C=O) groups excluding carboxylic acids is 1. The molecule has 0 aromatic carbocycles. The van der Waals surface area contributed by atoms with E-state index in [1.54, 1.807) is 21.1 Å². The minimum atomic E-state index is -4.07. The lowest BCUT2D eigenvalue weighted by Crippen LogP contribution is -2.45. The molecule has 144 valence electrons. The van der Waals surface area contributed by atoms with Crippen LogP contribution in [0, 0.1) is 11.8 Å². The number of hydrogen-bond acceptors (Lipinski definition) is 7. The van der Waals surface area contributed by atoms with Gasteiger partial charge in [0.15, 0.2) is 9.84 Å². The maximum absolute atomic E-state index is 11.3. The molecule has 0 aromatic rings. The van der Waals surface area contributed by atoms with Crippen LogP contribution in [0.3, 0.4) is 0 Å². The Kier molecular flexibility index (Phi) is 9.12. The zero-order valence-electron chi connectivity index (χ0n) is 13.9. The fourth-order valence-electron chi connectivity index (χ4n) is 2.21. The number of alkyl halides is 1. The summed E-state index contributed by atoms with van der Waals surface area (Å²) < 4.78 is 53.2. The highest BCUT2D eigenvalue weighted by Gasteiger charge is 2.33. The van der Waals surface area contributed by atoms with E-state index in [0.717, 1.165) is 0 Å². The highest BCUT2D eigenvalue weighted by Crippen LogP contribution is 2.20. The Morgan fingerprint density at radius 1 is 1.17 bits per heavy atom. The summed E-state index contributed by atoms with van der Waals surface area (Å²) in [6.45, 7) is 0.887. The smallest absolute Gasteiger partial charge is 0.265 e. The van der Waals surface area contributed by atoms with Crippen LogP contribution in [0.5, 0.6) is 0 Å². The molecule has 1 aliphatic heterocycles. The molecule has 9 nitrogen and oxygen atoms in total. The second kappa shape index (κ2) is 9.30. The van der Waals surface area contributed by atoms with Crippen molar-refractivity contribution >= 4 is 37.5 Å². The van der Waals surface area contributed by atoms with E-state index in [0.29, 0.717) is 17.6 Å². The van der Waals surface area contributed by atoms with Gasteiger partial charge in [-0.15, -0.1) is 11.6 Å². The summed E-state index contributed by atoms with van der Waals surface area (Å²) in [6, 6.07) is 0. The summed E-state index contributed by atoms with van der Waals surface area (Å²) in [5.74, 6) is -2.26. The van der Waals surface area contributed by atoms with Crippen molar-refractivity contribution in [2.45, 2.75) is 0 Å². The number of likely N-dealkylation sites (N-methyl/N-ethyl adjacent to an activating group) is 1. The van der Waals surface area contributed by atoms with E-state index in [1.165, 1.54) is 0 Å².